The van der Waals surface area contributed by atoms with Crippen molar-refractivity contribution in [2.75, 3.05) is 0 Å². The fourth-order valence-electron chi connectivity index (χ4n) is 2.16. The van der Waals surface area contributed by atoms with Gasteiger partial charge in [0.25, 0.3) is 0 Å². The van der Waals surface area contributed by atoms with Crippen LogP contribution < -0.4 is 0 Å². The summed E-state index contributed by atoms with van der Waals surface area (Å²) in [6.07, 6.45) is 14.4. The molecule has 2 N–H and O–H groups in total. The Morgan fingerprint density at radius 3 is 2.59 bits per heavy atom. The Hall–Kier alpha value is -1.01. The SMILES string of the molecule is C#CCCCCC/C(=C/Cl)CC[C@H](O)/C=C(\C)[C@H](O)CC=C. The van der Waals surface area contributed by atoms with Crippen molar-refractivity contribution in [1.29, 1.82) is 0 Å². The van der Waals surface area contributed by atoms with E-state index in [9.17, 15) is 10.2 Å². The van der Waals surface area contributed by atoms with Crippen LogP contribution in [0.2, 0.25) is 0 Å². The number of rotatable bonds is 12. The Morgan fingerprint density at radius 1 is 1.27 bits per heavy atom. The van der Waals surface area contributed by atoms with Crippen LogP contribution in [0, 0.1) is 12.3 Å². The first-order valence-electron chi connectivity index (χ1n) is 7.92. The highest BCUT2D eigenvalue weighted by atomic mass is 35.5. The number of halogens is 1. The summed E-state index contributed by atoms with van der Waals surface area (Å²) in [6, 6.07) is 0. The average molecular weight is 325 g/mol. The molecular weight excluding hydrogens is 296 g/mol. The largest absolute Gasteiger partial charge is 0.389 e. The van der Waals surface area contributed by atoms with Crippen LogP contribution in [0.3, 0.4) is 0 Å². The zero-order valence-corrected chi connectivity index (χ0v) is 14.4. The summed E-state index contributed by atoms with van der Waals surface area (Å²) in [6.45, 7) is 5.42. The van der Waals surface area contributed by atoms with Crippen molar-refractivity contribution in [1.82, 2.24) is 0 Å². The highest BCUT2D eigenvalue weighted by Crippen LogP contribution is 2.18. The zero-order chi connectivity index (χ0) is 16.8. The molecule has 0 aliphatic carbocycles. The van der Waals surface area contributed by atoms with Crippen molar-refractivity contribution < 1.29 is 10.2 Å². The molecular formula is C19H29ClO2. The van der Waals surface area contributed by atoms with Crippen molar-refractivity contribution in [3.05, 3.63) is 35.4 Å². The van der Waals surface area contributed by atoms with Gasteiger partial charge in [-0.25, -0.2) is 0 Å². The number of aliphatic hydroxyl groups is 2. The molecule has 0 amide bonds. The molecule has 0 aromatic rings. The molecule has 0 bridgehead atoms. The van der Waals surface area contributed by atoms with Crippen molar-refractivity contribution in [2.45, 2.75) is 70.5 Å². The summed E-state index contributed by atoms with van der Waals surface area (Å²) < 4.78 is 0. The summed E-state index contributed by atoms with van der Waals surface area (Å²) in [4.78, 5) is 0. The van der Waals surface area contributed by atoms with Crippen molar-refractivity contribution in [2.24, 2.45) is 0 Å². The van der Waals surface area contributed by atoms with Gasteiger partial charge in [-0.1, -0.05) is 35.7 Å². The van der Waals surface area contributed by atoms with Crippen molar-refractivity contribution in [3.63, 3.8) is 0 Å². The van der Waals surface area contributed by atoms with Crippen LogP contribution in [-0.4, -0.2) is 22.4 Å². The summed E-state index contributed by atoms with van der Waals surface area (Å²) in [5, 5.41) is 19.8. The Bertz CT molecular complexity index is 404. The van der Waals surface area contributed by atoms with Gasteiger partial charge < -0.3 is 10.2 Å². The molecule has 0 aromatic heterocycles. The highest BCUT2D eigenvalue weighted by molar-refractivity contribution is 6.25. The van der Waals surface area contributed by atoms with Crippen LogP contribution in [0.25, 0.3) is 0 Å². The van der Waals surface area contributed by atoms with Gasteiger partial charge in [0.1, 0.15) is 0 Å². The second kappa shape index (κ2) is 13.6. The average Bonchev–Trinajstić information content (AvgIpc) is 2.50. The third-order valence-electron chi connectivity index (χ3n) is 3.61. The molecule has 0 unspecified atom stereocenters. The highest BCUT2D eigenvalue weighted by Gasteiger charge is 2.08. The van der Waals surface area contributed by atoms with Crippen molar-refractivity contribution in [3.8, 4) is 12.3 Å². The summed E-state index contributed by atoms with van der Waals surface area (Å²) in [5.41, 5.74) is 3.55. The van der Waals surface area contributed by atoms with Crippen molar-refractivity contribution >= 4 is 11.6 Å². The van der Waals surface area contributed by atoms with E-state index in [1.165, 1.54) is 0 Å². The lowest BCUT2D eigenvalue weighted by Gasteiger charge is -2.13. The lowest BCUT2D eigenvalue weighted by atomic mass is 10.00. The number of aliphatic hydroxyl groups excluding tert-OH is 2. The van der Waals surface area contributed by atoms with Crippen LogP contribution >= 0.6 is 11.6 Å². The lowest BCUT2D eigenvalue weighted by Crippen LogP contribution is -2.11. The standard InChI is InChI=1S/C19H29ClO2/c1-4-6-7-8-9-11-17(15-20)12-13-18(21)14-16(3)19(22)10-5-2/h1,5,14-15,18-19,21-22H,2,6-13H2,3H3/b16-14+,17-15-/t18-,19+/m0/s1. The van der Waals surface area contributed by atoms with E-state index in [0.29, 0.717) is 12.8 Å². The molecule has 3 heteroatoms. The minimum Gasteiger partial charge on any atom is -0.389 e. The fourth-order valence-corrected chi connectivity index (χ4v) is 2.38. The van der Waals surface area contributed by atoms with E-state index in [0.717, 1.165) is 49.7 Å². The number of hydrogen-bond acceptors (Lipinski definition) is 2. The maximum absolute atomic E-state index is 10.0. The summed E-state index contributed by atoms with van der Waals surface area (Å²) >= 11 is 5.85. The minimum atomic E-state index is -0.564. The lowest BCUT2D eigenvalue weighted by molar-refractivity contribution is 0.194. The Labute approximate surface area is 140 Å². The third kappa shape index (κ3) is 10.7. The Kier molecular flexibility index (Phi) is 13.0. The molecule has 0 rings (SSSR count). The van der Waals surface area contributed by atoms with Gasteiger partial charge in [-0.05, 0) is 51.0 Å². The quantitative estimate of drug-likeness (QED) is 0.310. The van der Waals surface area contributed by atoms with E-state index in [2.05, 4.69) is 12.5 Å². The van der Waals surface area contributed by atoms with Gasteiger partial charge in [0.2, 0.25) is 0 Å². The number of unbranched alkanes of at least 4 members (excludes halogenated alkanes) is 3. The van der Waals surface area contributed by atoms with Gasteiger partial charge in [0, 0.05) is 12.0 Å². The first-order valence-corrected chi connectivity index (χ1v) is 8.35. The topological polar surface area (TPSA) is 40.5 Å². The van der Waals surface area contributed by atoms with E-state index in [1.807, 2.05) is 6.92 Å². The van der Waals surface area contributed by atoms with E-state index in [4.69, 9.17) is 18.0 Å². The molecule has 0 radical (unpaired) electrons. The molecule has 124 valence electrons. The molecule has 0 aromatic carbocycles. The van der Waals surface area contributed by atoms with Gasteiger partial charge in [-0.3, -0.25) is 0 Å². The predicted octanol–water partition coefficient (Wildman–Crippen LogP) is 4.72. The molecule has 22 heavy (non-hydrogen) atoms. The van der Waals surface area contributed by atoms with E-state index >= 15 is 0 Å². The number of hydrogen-bond donors (Lipinski definition) is 2. The van der Waals surface area contributed by atoms with Gasteiger partial charge in [-0.2, -0.15) is 0 Å². The third-order valence-corrected chi connectivity index (χ3v) is 3.91. The van der Waals surface area contributed by atoms with E-state index in [1.54, 1.807) is 17.7 Å². The molecule has 0 aliphatic heterocycles. The molecule has 0 fully saturated rings. The Morgan fingerprint density at radius 2 is 2.00 bits per heavy atom. The maximum atomic E-state index is 10.0. The van der Waals surface area contributed by atoms with E-state index < -0.39 is 12.2 Å². The number of terminal acetylenes is 1. The van der Waals surface area contributed by atoms with Crippen LogP contribution in [0.15, 0.2) is 35.4 Å². The molecule has 0 aliphatic rings. The zero-order valence-electron chi connectivity index (χ0n) is 13.6. The second-order valence-corrected chi connectivity index (χ2v) is 5.81. The minimum absolute atomic E-state index is 0.500. The molecule has 0 heterocycles. The van der Waals surface area contributed by atoms with Gasteiger partial charge in [0.05, 0.1) is 12.2 Å². The first kappa shape index (κ1) is 21.0. The second-order valence-electron chi connectivity index (χ2n) is 5.59. The molecule has 2 nitrogen and oxygen atoms in total. The predicted molar refractivity (Wildman–Crippen MR) is 95.7 cm³/mol. The maximum Gasteiger partial charge on any atom is 0.0782 e. The summed E-state index contributed by atoms with van der Waals surface area (Å²) in [7, 11) is 0. The smallest absolute Gasteiger partial charge is 0.0782 e. The fraction of sp³-hybridized carbons (Fsp3) is 0.579. The normalized spacial score (nSPS) is 15.2. The molecule has 2 atom stereocenters. The van der Waals surface area contributed by atoms with Gasteiger partial charge >= 0.3 is 0 Å². The van der Waals surface area contributed by atoms with Gasteiger partial charge in [0.15, 0.2) is 0 Å². The summed E-state index contributed by atoms with van der Waals surface area (Å²) in [5.74, 6) is 2.64. The monoisotopic (exact) mass is 324 g/mol. The van der Waals surface area contributed by atoms with Crippen LogP contribution in [0.4, 0.5) is 0 Å². The molecule has 0 saturated carbocycles. The van der Waals surface area contributed by atoms with E-state index in [-0.39, 0.29) is 0 Å². The Balaban J connectivity index is 4.09. The number of allylic oxidation sites excluding steroid dienone is 1. The first-order chi connectivity index (χ1) is 10.5. The van der Waals surface area contributed by atoms with Crippen LogP contribution in [0.1, 0.15) is 58.3 Å². The van der Waals surface area contributed by atoms with Crippen LogP contribution in [0.5, 0.6) is 0 Å². The molecule has 0 spiro atoms. The molecule has 0 saturated heterocycles. The van der Waals surface area contributed by atoms with Crippen LogP contribution in [-0.2, 0) is 0 Å². The van der Waals surface area contributed by atoms with Gasteiger partial charge in [-0.15, -0.1) is 18.9 Å².